The molecule has 6 heterocycles. The van der Waals surface area contributed by atoms with Crippen LogP contribution >= 0.6 is 0 Å². The molecule has 0 aliphatic carbocycles. The Hall–Kier alpha value is -13.2. The number of H-pyrrole nitrogens is 4. The van der Waals surface area contributed by atoms with Crippen molar-refractivity contribution in [2.24, 2.45) is 0 Å². The fraction of sp³-hybridized carbons (Fsp3) is 0. The zero-order valence-corrected chi connectivity index (χ0v) is 64.8. The van der Waals surface area contributed by atoms with Crippen molar-refractivity contribution in [2.45, 2.75) is 0 Å². The first-order valence-electron chi connectivity index (χ1n) is 36.3. The van der Waals surface area contributed by atoms with Gasteiger partial charge in [-0.1, -0.05) is 231 Å². The molecule has 6 nitrogen and oxygen atoms in total. The number of pyridine rings is 6. The Morgan fingerprint density at radius 2 is 0.455 bits per heavy atom. The van der Waals surface area contributed by atoms with Gasteiger partial charge in [-0.2, -0.15) is 0 Å². The Balaban J connectivity index is 0.000000110. The van der Waals surface area contributed by atoms with Crippen molar-refractivity contribution in [2.75, 3.05) is 0 Å². The molecule has 0 fully saturated rings. The molecule has 0 atom stereocenters. The van der Waals surface area contributed by atoms with Crippen LogP contribution in [0.1, 0.15) is 0 Å². The van der Waals surface area contributed by atoms with E-state index in [1.165, 1.54) is 142 Å². The van der Waals surface area contributed by atoms with Gasteiger partial charge in [0, 0.05) is 110 Å². The van der Waals surface area contributed by atoms with Gasteiger partial charge in [0.15, 0.2) is 24.8 Å². The molecule has 0 aliphatic rings. The second kappa shape index (κ2) is 36.0. The molecule has 0 spiro atoms. The number of aromatic nitrogens is 6. The van der Waals surface area contributed by atoms with Crippen LogP contribution in [0, 0.1) is 12.1 Å². The maximum atomic E-state index is 4.55. The van der Waals surface area contributed by atoms with Gasteiger partial charge >= 0.3 is 0 Å². The number of hydrogen-bond donors (Lipinski definition) is 0. The van der Waals surface area contributed by atoms with Crippen LogP contribution in [0.4, 0.5) is 0 Å². The molecule has 0 saturated heterocycles. The van der Waals surface area contributed by atoms with E-state index in [0.29, 0.717) is 0 Å². The fourth-order valence-electron chi connectivity index (χ4n) is 14.2. The Morgan fingerprint density at radius 3 is 0.827 bits per heavy atom. The molecule has 2 radical (unpaired) electrons. The summed E-state index contributed by atoms with van der Waals surface area (Å²) in [7, 11) is 0. The minimum absolute atomic E-state index is 0. The van der Waals surface area contributed by atoms with Crippen LogP contribution < -0.4 is 19.9 Å². The summed E-state index contributed by atoms with van der Waals surface area (Å²) in [5.41, 5.74) is 13.7. The monoisotopic (exact) mass is 1770 g/mol. The summed E-state index contributed by atoms with van der Waals surface area (Å²) in [6.45, 7) is 0. The first-order valence-corrected chi connectivity index (χ1v) is 36.3. The van der Waals surface area contributed by atoms with Crippen molar-refractivity contribution >= 4 is 97.0 Å². The van der Waals surface area contributed by atoms with Crippen LogP contribution in [0.3, 0.4) is 0 Å². The number of rotatable bonds is 6. The smallest absolute Gasteiger partial charge is 0.218 e. The largest absolute Gasteiger partial charge is 0.304 e. The van der Waals surface area contributed by atoms with Crippen molar-refractivity contribution < 1.29 is 60.1 Å². The minimum atomic E-state index is 0. The van der Waals surface area contributed by atoms with Crippen molar-refractivity contribution in [3.8, 4) is 67.5 Å². The van der Waals surface area contributed by atoms with E-state index in [2.05, 4.69) is 345 Å². The van der Waals surface area contributed by atoms with Crippen molar-refractivity contribution in [1.82, 2.24) is 9.97 Å². The van der Waals surface area contributed by atoms with Crippen molar-refractivity contribution in [1.29, 1.82) is 0 Å². The van der Waals surface area contributed by atoms with Crippen LogP contribution in [0.25, 0.3) is 164 Å². The summed E-state index contributed by atoms with van der Waals surface area (Å²) >= 11 is 0. The predicted molar refractivity (Wildman–Crippen MR) is 448 cm³/mol. The molecule has 0 aliphatic heterocycles. The first-order chi connectivity index (χ1) is 53.6. The van der Waals surface area contributed by atoms with Crippen molar-refractivity contribution in [3.05, 3.63) is 438 Å². The van der Waals surface area contributed by atoms with Crippen LogP contribution in [0.15, 0.2) is 425 Å². The zero-order valence-electron chi connectivity index (χ0n) is 60.0. The van der Waals surface area contributed by atoms with E-state index < -0.39 is 0 Å². The number of benzene rings is 15. The molecule has 6 aromatic heterocycles. The normalized spacial score (nSPS) is 10.6. The van der Waals surface area contributed by atoms with Gasteiger partial charge < -0.3 is 9.97 Å². The van der Waals surface area contributed by atoms with E-state index in [4.69, 9.17) is 0 Å². The molecule has 0 unspecified atom stereocenters. The van der Waals surface area contributed by atoms with Gasteiger partial charge in [-0.25, -0.2) is 19.9 Å². The van der Waals surface area contributed by atoms with Gasteiger partial charge in [-0.05, 0) is 161 Å². The summed E-state index contributed by atoms with van der Waals surface area (Å²) in [6, 6.07) is 140. The van der Waals surface area contributed by atoms with Crippen LogP contribution in [0.2, 0.25) is 0 Å². The Kier molecular flexibility index (Phi) is 24.1. The number of aromatic amines is 4. The predicted octanol–water partition coefficient (Wildman–Crippen LogP) is 24.1. The van der Waals surface area contributed by atoms with E-state index in [9.17, 15) is 0 Å². The second-order valence-electron chi connectivity index (χ2n) is 26.0. The van der Waals surface area contributed by atoms with E-state index in [1.54, 1.807) is 0 Å². The molecular weight excluding hydrogens is 1690 g/mol. The molecule has 21 rings (SSSR count). The van der Waals surface area contributed by atoms with Gasteiger partial charge in [0.1, 0.15) is 0 Å². The van der Waals surface area contributed by atoms with Gasteiger partial charge in [-0.15, -0.1) is 71.8 Å². The minimum Gasteiger partial charge on any atom is -0.304 e. The van der Waals surface area contributed by atoms with Crippen LogP contribution in [0.5, 0.6) is 0 Å². The molecule has 110 heavy (non-hydrogen) atoms. The average Bonchev–Trinajstić information content (AvgIpc) is 0.780. The number of fused-ring (bicyclic) bond motifs is 12. The standard InChI is InChI=1S/2C19H13N.C19H12N.2C15H11N.C15H10N.2Ir/c3*1-2-7-15(8-3-1)19-18-11-10-14-6-4-5-9-16(14)17(18)12-13-20-19;3*1-2-7-13(8-3-1)15-14-9-5-4-6-12(14)10-11-16-15;;/h2*1-13H;1-7,9-13H;2*1-11H;1-7,9-11H;;/q;;-1;;;-1;;/p+4. The number of nitrogens with one attached hydrogen (secondary N) is 4. The number of hydrogen-bond acceptors (Lipinski definition) is 2. The summed E-state index contributed by atoms with van der Waals surface area (Å²) < 4.78 is 0. The Bertz CT molecular complexity index is 5960. The van der Waals surface area contributed by atoms with Gasteiger partial charge in [-0.3, -0.25) is 0 Å². The van der Waals surface area contributed by atoms with Gasteiger partial charge in [0.05, 0.1) is 21.5 Å². The third-order valence-corrected chi connectivity index (χ3v) is 19.4. The van der Waals surface area contributed by atoms with Gasteiger partial charge in [0.2, 0.25) is 22.8 Å². The summed E-state index contributed by atoms with van der Waals surface area (Å²) in [5, 5.41) is 22.7. The Morgan fingerprint density at radius 1 is 0.182 bits per heavy atom. The molecule has 4 N–H and O–H groups in total. The van der Waals surface area contributed by atoms with E-state index >= 15 is 0 Å². The van der Waals surface area contributed by atoms with E-state index in [1.807, 2.05) is 122 Å². The van der Waals surface area contributed by atoms with Crippen molar-refractivity contribution in [3.63, 3.8) is 0 Å². The maximum absolute atomic E-state index is 4.55. The van der Waals surface area contributed by atoms with Gasteiger partial charge in [0.25, 0.3) is 0 Å². The molecule has 0 saturated carbocycles. The van der Waals surface area contributed by atoms with E-state index in [0.717, 1.165) is 22.5 Å². The fourth-order valence-corrected chi connectivity index (χ4v) is 14.2. The third-order valence-electron chi connectivity index (χ3n) is 19.4. The molecule has 15 aromatic carbocycles. The topological polar surface area (TPSA) is 82.3 Å². The maximum Gasteiger partial charge on any atom is 0.218 e. The molecule has 0 amide bonds. The molecule has 8 heteroatoms. The molecule has 528 valence electrons. The zero-order chi connectivity index (χ0) is 72.5. The summed E-state index contributed by atoms with van der Waals surface area (Å²) in [6.07, 6.45) is 11.8. The Labute approximate surface area is 666 Å². The molecule has 21 aromatic rings. The van der Waals surface area contributed by atoms with E-state index in [-0.39, 0.29) is 40.2 Å². The van der Waals surface area contributed by atoms with Crippen LogP contribution in [-0.2, 0) is 40.2 Å². The third kappa shape index (κ3) is 16.7. The SMILES string of the molecule is [Ir].[Ir].[c-]1ccccc1-c1nccc2c1ccc1ccccc12.[c-]1ccccc1-c1nccc2ccccc12.c1ccc(-c2[nH+]ccc3c2ccc2ccccc23)cc1.c1ccc(-c2[nH+]ccc3c2ccc2ccccc23)cc1.c1ccc(-c2[nH+]ccc3ccccc23)cc1.c1ccc(-c2[nH+]ccc3ccccc23)cc1. The summed E-state index contributed by atoms with van der Waals surface area (Å²) in [5.74, 6) is 0. The summed E-state index contributed by atoms with van der Waals surface area (Å²) in [4.78, 5) is 22.4. The van der Waals surface area contributed by atoms with Crippen LogP contribution in [-0.4, -0.2) is 9.97 Å². The first kappa shape index (κ1) is 73.7. The quantitative estimate of drug-likeness (QED) is 0.123. The second-order valence-corrected chi connectivity index (χ2v) is 26.0. The average molecular weight is 1770 g/mol. The molecule has 0 bridgehead atoms. The molecular formula is C102H74Ir2N6+2. The number of nitrogens with zero attached hydrogens (tertiary/aromatic N) is 2.